The molecule has 0 aliphatic carbocycles. The van der Waals surface area contributed by atoms with E-state index in [2.05, 4.69) is 45.9 Å². The number of hydrogen-bond acceptors (Lipinski definition) is 9. The topological polar surface area (TPSA) is 189 Å². The minimum absolute atomic E-state index is 0.0874. The van der Waals surface area contributed by atoms with Gasteiger partial charge in [-0.15, -0.1) is 21.5 Å². The molecule has 0 amide bonds. The van der Waals surface area contributed by atoms with Crippen LogP contribution in [0, 0.1) is 37.1 Å². The van der Waals surface area contributed by atoms with Crippen LogP contribution in [0.1, 0.15) is 41.7 Å². The fourth-order valence-corrected chi connectivity index (χ4v) is 4.88. The summed E-state index contributed by atoms with van der Waals surface area (Å²) in [5.74, 6) is -1.51. The third-order valence-electron chi connectivity index (χ3n) is 8.20. The standard InChI is InChI=1S/C20H15F4N5O2.C12H10F3N5O2.C8H5F/c1-19(31,11-29-10-16(27-28-29)13-3-5-14(21)6-4-13)17(30)8-12-7-15(20(22,23)24)18(25-2)26-9-12;1-11(22,6-19-20-16)9(21)4-7-3-8(12(13,14)15)10(17-2)18-5-7;1-2-7-3-5-8(9)6-4-7/h3-7,9-10,31H,8,11H2,1H3;3,5,22H,4,6H2,1H3;1,3-6H/t19-;11-;/m00./s1. The quantitative estimate of drug-likeness (QED) is 0.0332. The Morgan fingerprint density at radius 1 is 0.806 bits per heavy atom. The van der Waals surface area contributed by atoms with Crippen LogP contribution < -0.4 is 0 Å². The third-order valence-corrected chi connectivity index (χ3v) is 8.20. The first-order chi connectivity index (χ1) is 28.9. The number of carbonyl (C=O) groups excluding carboxylic acids is 2. The molecule has 0 unspecified atom stereocenters. The van der Waals surface area contributed by atoms with Crippen LogP contribution in [0.5, 0.6) is 0 Å². The van der Waals surface area contributed by atoms with Gasteiger partial charge in [0.1, 0.15) is 40.9 Å². The number of benzene rings is 2. The van der Waals surface area contributed by atoms with Gasteiger partial charge in [0.05, 0.1) is 30.4 Å². The summed E-state index contributed by atoms with van der Waals surface area (Å²) in [5.41, 5.74) is 3.17. The largest absolute Gasteiger partial charge is 0.409 e. The summed E-state index contributed by atoms with van der Waals surface area (Å²) < 4.78 is 104. The minimum atomic E-state index is -4.80. The van der Waals surface area contributed by atoms with Gasteiger partial charge < -0.3 is 19.9 Å². The molecule has 0 bridgehead atoms. The number of Topliss-reactive ketones (excluding diaryl/α,β-unsaturated/α-hetero) is 2. The minimum Gasteiger partial charge on any atom is -0.382 e. The molecular weight excluding hydrogens is 836 g/mol. The number of aromatic nitrogens is 5. The van der Waals surface area contributed by atoms with Crippen LogP contribution in [0.2, 0.25) is 0 Å². The third kappa shape index (κ3) is 14.0. The van der Waals surface area contributed by atoms with Gasteiger partial charge in [-0.2, -0.15) is 26.3 Å². The summed E-state index contributed by atoms with van der Waals surface area (Å²) in [6.45, 7) is 14.9. The van der Waals surface area contributed by atoms with Gasteiger partial charge in [0.25, 0.3) is 11.6 Å². The zero-order valence-corrected chi connectivity index (χ0v) is 32.1. The monoisotopic (exact) mass is 866 g/mol. The molecule has 2 N–H and O–H groups in total. The number of aliphatic hydroxyl groups is 2. The molecule has 62 heavy (non-hydrogen) atoms. The van der Waals surface area contributed by atoms with Crippen molar-refractivity contribution in [2.24, 2.45) is 5.11 Å². The van der Waals surface area contributed by atoms with E-state index in [1.807, 2.05) is 0 Å². The van der Waals surface area contributed by atoms with E-state index in [0.29, 0.717) is 29.0 Å². The SMILES string of the molecule is C#Cc1ccc(F)cc1.[C-]#[N+]c1ncc(CC(=O)[C@@](C)(O)CN=[N+]=[N-])cc1C(F)(F)F.[C-]#[N+]c1ncc(CC(=O)[C@@](C)(O)Cn2cc(-c3ccc(F)cc3)nn2)cc1C(F)(F)F. The van der Waals surface area contributed by atoms with Crippen molar-refractivity contribution in [2.45, 2.75) is 56.8 Å². The number of hydrogen-bond donors (Lipinski definition) is 2. The molecular formula is C40H30F8N10O4. The first-order valence-electron chi connectivity index (χ1n) is 17.2. The van der Waals surface area contributed by atoms with Gasteiger partial charge in [-0.3, -0.25) is 9.59 Å². The van der Waals surface area contributed by atoms with Crippen molar-refractivity contribution in [2.75, 3.05) is 6.54 Å². The lowest BCUT2D eigenvalue weighted by molar-refractivity contribution is -0.138. The van der Waals surface area contributed by atoms with E-state index in [-0.39, 0.29) is 23.5 Å². The molecule has 2 atom stereocenters. The Morgan fingerprint density at radius 3 is 1.68 bits per heavy atom. The van der Waals surface area contributed by atoms with Crippen molar-refractivity contribution in [3.8, 4) is 23.6 Å². The molecule has 3 heterocycles. The maximum absolute atomic E-state index is 13.1. The molecule has 0 aliphatic heterocycles. The predicted octanol–water partition coefficient (Wildman–Crippen LogP) is 8.24. The van der Waals surface area contributed by atoms with Crippen LogP contribution in [-0.2, 0) is 41.3 Å². The molecule has 3 aromatic heterocycles. The zero-order valence-electron chi connectivity index (χ0n) is 32.1. The van der Waals surface area contributed by atoms with Gasteiger partial charge in [0.15, 0.2) is 11.6 Å². The fourth-order valence-electron chi connectivity index (χ4n) is 4.88. The number of pyridine rings is 2. The highest BCUT2D eigenvalue weighted by atomic mass is 19.4. The van der Waals surface area contributed by atoms with Crippen LogP contribution in [0.15, 0.2) is 84.4 Å². The fraction of sp³-hybridized carbons (Fsp3) is 0.250. The van der Waals surface area contributed by atoms with Crippen LogP contribution in [0.25, 0.3) is 31.4 Å². The van der Waals surface area contributed by atoms with E-state index in [1.165, 1.54) is 54.2 Å². The zero-order chi connectivity index (χ0) is 46.5. The molecule has 5 rings (SSSR count). The first-order valence-corrected chi connectivity index (χ1v) is 17.2. The highest BCUT2D eigenvalue weighted by Crippen LogP contribution is 2.37. The number of alkyl halides is 6. The van der Waals surface area contributed by atoms with Crippen molar-refractivity contribution >= 4 is 23.2 Å². The van der Waals surface area contributed by atoms with Crippen LogP contribution in [0.4, 0.5) is 46.8 Å². The van der Waals surface area contributed by atoms with Crippen molar-refractivity contribution in [3.05, 3.63) is 152 Å². The number of ketones is 2. The van der Waals surface area contributed by atoms with E-state index < -0.39 is 83.1 Å². The smallest absolute Gasteiger partial charge is 0.382 e. The molecule has 0 radical (unpaired) electrons. The molecule has 0 spiro atoms. The van der Waals surface area contributed by atoms with Gasteiger partial charge >= 0.3 is 12.4 Å². The number of azide groups is 1. The van der Waals surface area contributed by atoms with Crippen LogP contribution >= 0.6 is 0 Å². The normalized spacial score (nSPS) is 12.8. The maximum Gasteiger partial charge on any atom is 0.409 e. The highest BCUT2D eigenvalue weighted by Gasteiger charge is 2.37. The van der Waals surface area contributed by atoms with Gasteiger partial charge in [-0.25, -0.2) is 13.5 Å². The second kappa shape index (κ2) is 20.6. The second-order valence-corrected chi connectivity index (χ2v) is 13.2. The second-order valence-electron chi connectivity index (χ2n) is 13.2. The average molecular weight is 867 g/mol. The van der Waals surface area contributed by atoms with Gasteiger partial charge in [0.2, 0.25) is 0 Å². The Kier molecular flexibility index (Phi) is 16.2. The Bertz CT molecular complexity index is 2560. The van der Waals surface area contributed by atoms with Crippen molar-refractivity contribution in [1.82, 2.24) is 25.0 Å². The molecule has 0 aliphatic rings. The number of carbonyl (C=O) groups is 2. The highest BCUT2D eigenvalue weighted by molar-refractivity contribution is 5.89. The molecule has 14 nitrogen and oxygen atoms in total. The summed E-state index contributed by atoms with van der Waals surface area (Å²) in [7, 11) is 0. The summed E-state index contributed by atoms with van der Waals surface area (Å²) in [5, 5.41) is 31.2. The van der Waals surface area contributed by atoms with E-state index in [9.17, 15) is 54.9 Å². The predicted molar refractivity (Wildman–Crippen MR) is 203 cm³/mol. The van der Waals surface area contributed by atoms with Crippen molar-refractivity contribution < 1.29 is 54.9 Å². The molecule has 2 aromatic carbocycles. The summed E-state index contributed by atoms with van der Waals surface area (Å²) in [4.78, 5) is 39.0. The number of halogens is 8. The number of rotatable bonds is 11. The van der Waals surface area contributed by atoms with Gasteiger partial charge in [-0.05, 0) is 67.9 Å². The van der Waals surface area contributed by atoms with Crippen molar-refractivity contribution in [1.29, 1.82) is 0 Å². The number of nitrogens with zero attached hydrogens (tertiary/aromatic N) is 10. The average Bonchev–Trinajstić information content (AvgIpc) is 3.68. The van der Waals surface area contributed by atoms with E-state index in [4.69, 9.17) is 25.1 Å². The molecule has 320 valence electrons. The first kappa shape index (κ1) is 48.8. The van der Waals surface area contributed by atoms with Crippen molar-refractivity contribution in [3.63, 3.8) is 0 Å². The molecule has 0 fully saturated rings. The van der Waals surface area contributed by atoms with Gasteiger partial charge in [-0.1, -0.05) is 41.5 Å². The lowest BCUT2D eigenvalue weighted by Crippen LogP contribution is -2.41. The molecule has 22 heteroatoms. The van der Waals surface area contributed by atoms with E-state index in [0.717, 1.165) is 19.3 Å². The van der Waals surface area contributed by atoms with E-state index >= 15 is 0 Å². The van der Waals surface area contributed by atoms with E-state index in [1.54, 1.807) is 12.1 Å². The Balaban J connectivity index is 0.000000285. The number of terminal acetylenes is 1. The lowest BCUT2D eigenvalue weighted by atomic mass is 9.95. The summed E-state index contributed by atoms with van der Waals surface area (Å²) in [6.07, 6.45) is -2.21. The lowest BCUT2D eigenvalue weighted by Gasteiger charge is -2.21. The summed E-state index contributed by atoms with van der Waals surface area (Å²) >= 11 is 0. The Hall–Kier alpha value is -7.57. The Morgan fingerprint density at radius 2 is 1.26 bits per heavy atom. The summed E-state index contributed by atoms with van der Waals surface area (Å²) in [6, 6.07) is 12.6. The van der Waals surface area contributed by atoms with Crippen LogP contribution in [-0.4, -0.2) is 64.5 Å². The molecule has 0 saturated carbocycles. The van der Waals surface area contributed by atoms with Crippen LogP contribution in [0.3, 0.4) is 0 Å². The molecule has 0 saturated heterocycles. The Labute approximate surface area is 346 Å². The molecule has 5 aromatic rings. The maximum atomic E-state index is 13.1. The van der Waals surface area contributed by atoms with Gasteiger partial charge in [0, 0.05) is 40.0 Å².